The molecule has 0 amide bonds. The lowest BCUT2D eigenvalue weighted by Crippen LogP contribution is -2.40. The van der Waals surface area contributed by atoms with E-state index in [-0.39, 0.29) is 5.92 Å². The summed E-state index contributed by atoms with van der Waals surface area (Å²) in [6, 6.07) is -0.678. The van der Waals surface area contributed by atoms with Crippen LogP contribution < -0.4 is 5.73 Å². The Hall–Kier alpha value is -0.570. The highest BCUT2D eigenvalue weighted by atomic mass is 16.4. The third-order valence-corrected chi connectivity index (χ3v) is 3.25. The molecule has 1 fully saturated rings. The van der Waals surface area contributed by atoms with Gasteiger partial charge in [-0.1, -0.05) is 39.0 Å². The van der Waals surface area contributed by atoms with Crippen LogP contribution in [-0.4, -0.2) is 17.1 Å². The summed E-state index contributed by atoms with van der Waals surface area (Å²) in [4.78, 5) is 10.7. The van der Waals surface area contributed by atoms with E-state index in [4.69, 9.17) is 10.8 Å². The highest BCUT2D eigenvalue weighted by molar-refractivity contribution is 5.73. The first-order valence-electron chi connectivity index (χ1n) is 5.11. The summed E-state index contributed by atoms with van der Waals surface area (Å²) in [7, 11) is 0. The molecule has 3 nitrogen and oxygen atoms in total. The van der Waals surface area contributed by atoms with Crippen molar-refractivity contribution in [1.82, 2.24) is 0 Å². The van der Waals surface area contributed by atoms with Gasteiger partial charge in [-0.3, -0.25) is 4.79 Å². The molecule has 0 aromatic rings. The van der Waals surface area contributed by atoms with Crippen LogP contribution in [0.1, 0.15) is 39.0 Å². The normalized spacial score (nSPS) is 23.8. The molecule has 2 atom stereocenters. The lowest BCUT2D eigenvalue weighted by Gasteiger charge is -2.29. The van der Waals surface area contributed by atoms with Crippen LogP contribution in [0.3, 0.4) is 0 Å². The van der Waals surface area contributed by atoms with Gasteiger partial charge in [-0.25, -0.2) is 0 Å². The predicted molar refractivity (Wildman–Crippen MR) is 51.4 cm³/mol. The quantitative estimate of drug-likeness (QED) is 0.702. The van der Waals surface area contributed by atoms with Gasteiger partial charge in [-0.2, -0.15) is 0 Å². The van der Waals surface area contributed by atoms with Crippen molar-refractivity contribution in [3.8, 4) is 0 Å². The SMILES string of the molecule is C[C@H](C1CCCCC1)[C@@H](N)C(=O)O. The number of aliphatic carboxylic acids is 1. The average molecular weight is 185 g/mol. The van der Waals surface area contributed by atoms with Crippen molar-refractivity contribution in [2.75, 3.05) is 0 Å². The number of nitrogens with two attached hydrogens (primary N) is 1. The van der Waals surface area contributed by atoms with Crippen LogP contribution in [0.2, 0.25) is 0 Å². The Morgan fingerprint density at radius 2 is 1.92 bits per heavy atom. The second kappa shape index (κ2) is 4.61. The molecular weight excluding hydrogens is 166 g/mol. The van der Waals surface area contributed by atoms with Crippen molar-refractivity contribution < 1.29 is 9.90 Å². The highest BCUT2D eigenvalue weighted by Gasteiger charge is 2.28. The number of carbonyl (C=O) groups is 1. The Morgan fingerprint density at radius 3 is 2.38 bits per heavy atom. The van der Waals surface area contributed by atoms with E-state index < -0.39 is 12.0 Å². The molecular formula is C10H19NO2. The van der Waals surface area contributed by atoms with Crippen molar-refractivity contribution in [3.63, 3.8) is 0 Å². The fraction of sp³-hybridized carbons (Fsp3) is 0.900. The van der Waals surface area contributed by atoms with Gasteiger partial charge in [-0.15, -0.1) is 0 Å². The van der Waals surface area contributed by atoms with Gasteiger partial charge in [0, 0.05) is 0 Å². The lowest BCUT2D eigenvalue weighted by atomic mass is 9.78. The van der Waals surface area contributed by atoms with E-state index >= 15 is 0 Å². The fourth-order valence-electron chi connectivity index (χ4n) is 2.18. The molecule has 13 heavy (non-hydrogen) atoms. The van der Waals surface area contributed by atoms with Crippen LogP contribution in [0, 0.1) is 11.8 Å². The summed E-state index contributed by atoms with van der Waals surface area (Å²) in [5.74, 6) is -0.212. The first kappa shape index (κ1) is 10.5. The molecule has 0 aliphatic heterocycles. The first-order valence-corrected chi connectivity index (χ1v) is 5.11. The Morgan fingerprint density at radius 1 is 1.38 bits per heavy atom. The Labute approximate surface area is 79.3 Å². The number of hydrogen-bond donors (Lipinski definition) is 2. The molecule has 0 unspecified atom stereocenters. The monoisotopic (exact) mass is 185 g/mol. The predicted octanol–water partition coefficient (Wildman–Crippen LogP) is 1.61. The zero-order valence-electron chi connectivity index (χ0n) is 8.20. The molecule has 0 saturated heterocycles. The number of rotatable bonds is 3. The van der Waals surface area contributed by atoms with Gasteiger partial charge in [0.25, 0.3) is 0 Å². The topological polar surface area (TPSA) is 63.3 Å². The van der Waals surface area contributed by atoms with E-state index in [2.05, 4.69) is 0 Å². The van der Waals surface area contributed by atoms with E-state index in [9.17, 15) is 4.79 Å². The molecule has 3 N–H and O–H groups in total. The summed E-state index contributed by atoms with van der Waals surface area (Å²) in [6.07, 6.45) is 6.08. The van der Waals surface area contributed by atoms with Crippen LogP contribution in [0.5, 0.6) is 0 Å². The molecule has 0 heterocycles. The minimum Gasteiger partial charge on any atom is -0.480 e. The number of carboxylic acids is 1. The molecule has 0 spiro atoms. The standard InChI is InChI=1S/C10H19NO2/c1-7(9(11)10(12)13)8-5-3-2-4-6-8/h7-9H,2-6,11H2,1H3,(H,12,13)/t7-,9-/m1/s1. The molecule has 0 radical (unpaired) electrons. The zero-order valence-corrected chi connectivity index (χ0v) is 8.20. The van der Waals surface area contributed by atoms with Crippen LogP contribution in [0.4, 0.5) is 0 Å². The zero-order chi connectivity index (χ0) is 9.84. The molecule has 1 aliphatic rings. The fourth-order valence-corrected chi connectivity index (χ4v) is 2.18. The van der Waals surface area contributed by atoms with Gasteiger partial charge in [-0.05, 0) is 11.8 Å². The Bertz CT molecular complexity index is 176. The summed E-state index contributed by atoms with van der Waals surface area (Å²) in [5, 5.41) is 8.76. The Kier molecular flexibility index (Phi) is 3.72. The minimum atomic E-state index is -0.863. The van der Waals surface area contributed by atoms with E-state index in [0.29, 0.717) is 5.92 Å². The van der Waals surface area contributed by atoms with Gasteiger partial charge in [0.1, 0.15) is 6.04 Å². The summed E-state index contributed by atoms with van der Waals surface area (Å²) in [6.45, 7) is 1.97. The van der Waals surface area contributed by atoms with E-state index in [1.54, 1.807) is 0 Å². The average Bonchev–Trinajstić information content (AvgIpc) is 2.17. The van der Waals surface area contributed by atoms with E-state index in [1.807, 2.05) is 6.92 Å². The molecule has 1 rings (SSSR count). The third kappa shape index (κ3) is 2.69. The lowest BCUT2D eigenvalue weighted by molar-refractivity contribution is -0.140. The van der Waals surface area contributed by atoms with Gasteiger partial charge in [0.15, 0.2) is 0 Å². The van der Waals surface area contributed by atoms with E-state index in [0.717, 1.165) is 12.8 Å². The molecule has 0 aromatic carbocycles. The number of carboxylic acid groups (broad SMARTS) is 1. The number of hydrogen-bond acceptors (Lipinski definition) is 2. The molecule has 1 aliphatic carbocycles. The van der Waals surface area contributed by atoms with Gasteiger partial charge < -0.3 is 10.8 Å². The largest absolute Gasteiger partial charge is 0.480 e. The van der Waals surface area contributed by atoms with Crippen molar-refractivity contribution in [1.29, 1.82) is 0 Å². The molecule has 1 saturated carbocycles. The summed E-state index contributed by atoms with van der Waals surface area (Å²) in [5.41, 5.74) is 5.59. The van der Waals surface area contributed by atoms with Gasteiger partial charge in [0.05, 0.1) is 0 Å². The van der Waals surface area contributed by atoms with Crippen molar-refractivity contribution in [3.05, 3.63) is 0 Å². The summed E-state index contributed by atoms with van der Waals surface area (Å²) >= 11 is 0. The second-order valence-corrected chi connectivity index (χ2v) is 4.12. The maximum atomic E-state index is 10.7. The minimum absolute atomic E-state index is 0.123. The molecule has 3 heteroatoms. The van der Waals surface area contributed by atoms with Crippen LogP contribution >= 0.6 is 0 Å². The molecule has 0 aromatic heterocycles. The Balaban J connectivity index is 2.44. The first-order chi connectivity index (χ1) is 6.13. The highest BCUT2D eigenvalue weighted by Crippen LogP contribution is 2.30. The van der Waals surface area contributed by atoms with Crippen molar-refractivity contribution in [2.24, 2.45) is 17.6 Å². The maximum absolute atomic E-state index is 10.7. The van der Waals surface area contributed by atoms with Crippen molar-refractivity contribution >= 4 is 5.97 Å². The summed E-state index contributed by atoms with van der Waals surface area (Å²) < 4.78 is 0. The van der Waals surface area contributed by atoms with Gasteiger partial charge in [0.2, 0.25) is 0 Å². The van der Waals surface area contributed by atoms with Crippen LogP contribution in [-0.2, 0) is 4.79 Å². The van der Waals surface area contributed by atoms with E-state index in [1.165, 1.54) is 19.3 Å². The van der Waals surface area contributed by atoms with Gasteiger partial charge >= 0.3 is 5.97 Å². The third-order valence-electron chi connectivity index (χ3n) is 3.25. The molecule has 0 bridgehead atoms. The van der Waals surface area contributed by atoms with Crippen LogP contribution in [0.25, 0.3) is 0 Å². The smallest absolute Gasteiger partial charge is 0.320 e. The second-order valence-electron chi connectivity index (χ2n) is 4.12. The maximum Gasteiger partial charge on any atom is 0.320 e. The molecule has 76 valence electrons. The van der Waals surface area contributed by atoms with Crippen molar-refractivity contribution in [2.45, 2.75) is 45.1 Å². The van der Waals surface area contributed by atoms with Crippen LogP contribution in [0.15, 0.2) is 0 Å².